The summed E-state index contributed by atoms with van der Waals surface area (Å²) in [7, 11) is -5.70. The van der Waals surface area contributed by atoms with Crippen LogP contribution in [0.1, 0.15) is 34.1 Å². The van der Waals surface area contributed by atoms with E-state index in [4.69, 9.17) is 13.6 Å². The fraction of sp³-hybridized carbons (Fsp3) is 1.00. The first-order valence-electron chi connectivity index (χ1n) is 5.61. The minimum atomic E-state index is -3.31. The third-order valence-corrected chi connectivity index (χ3v) is 7.42. The molecule has 16 heavy (non-hydrogen) atoms. The SMILES string of the molecule is CCO[PH](=O)C(CC)P(=O)(OCC)OCC. The summed E-state index contributed by atoms with van der Waals surface area (Å²) in [6.07, 6.45) is 0.453. The van der Waals surface area contributed by atoms with Crippen molar-refractivity contribution in [3.63, 3.8) is 0 Å². The standard InChI is InChI=1S/C9H22O5P2/c1-5-9(15(10)12-6-2)16(11,13-7-3)14-8-4/h9,15H,5-8H2,1-4H3. The van der Waals surface area contributed by atoms with Gasteiger partial charge in [-0.3, -0.25) is 9.13 Å². The molecule has 0 aliphatic carbocycles. The maximum Gasteiger partial charge on any atom is 0.343 e. The molecule has 0 aromatic heterocycles. The second-order valence-corrected chi connectivity index (χ2v) is 7.38. The van der Waals surface area contributed by atoms with Gasteiger partial charge in [-0.25, -0.2) is 0 Å². The van der Waals surface area contributed by atoms with E-state index >= 15 is 0 Å². The average molecular weight is 272 g/mol. The Hall–Kier alpha value is 0.340. The zero-order valence-corrected chi connectivity index (χ0v) is 12.3. The second-order valence-electron chi connectivity index (χ2n) is 3.05. The van der Waals surface area contributed by atoms with Crippen LogP contribution in [0.25, 0.3) is 0 Å². The second kappa shape index (κ2) is 8.43. The van der Waals surface area contributed by atoms with Gasteiger partial charge in [0.2, 0.25) is 8.03 Å². The summed E-state index contributed by atoms with van der Waals surface area (Å²) in [4.78, 5) is 0. The van der Waals surface area contributed by atoms with Crippen LogP contribution in [0.5, 0.6) is 0 Å². The van der Waals surface area contributed by atoms with Crippen LogP contribution in [0.3, 0.4) is 0 Å². The zero-order chi connectivity index (χ0) is 12.6. The van der Waals surface area contributed by atoms with Crippen molar-refractivity contribution in [2.75, 3.05) is 19.8 Å². The Bertz CT molecular complexity index is 246. The molecule has 0 aromatic carbocycles. The molecule has 0 bridgehead atoms. The normalized spacial score (nSPS) is 16.0. The first-order valence-corrected chi connectivity index (χ1v) is 8.61. The third kappa shape index (κ3) is 4.68. The molecule has 0 radical (unpaired) electrons. The smallest absolute Gasteiger partial charge is 0.330 e. The van der Waals surface area contributed by atoms with Gasteiger partial charge < -0.3 is 13.6 Å². The minimum Gasteiger partial charge on any atom is -0.330 e. The van der Waals surface area contributed by atoms with Crippen molar-refractivity contribution in [3.8, 4) is 0 Å². The van der Waals surface area contributed by atoms with E-state index in [1.54, 1.807) is 27.7 Å². The summed E-state index contributed by atoms with van der Waals surface area (Å²) in [5, 5.41) is -0.641. The Kier molecular flexibility index (Phi) is 8.61. The first kappa shape index (κ1) is 16.3. The van der Waals surface area contributed by atoms with E-state index in [1.807, 2.05) is 0 Å². The number of hydrogen-bond donors (Lipinski definition) is 0. The van der Waals surface area contributed by atoms with Gasteiger partial charge in [0.1, 0.15) is 5.40 Å². The van der Waals surface area contributed by atoms with E-state index in [-0.39, 0.29) is 13.2 Å². The lowest BCUT2D eigenvalue weighted by atomic mass is 10.6. The average Bonchev–Trinajstić information content (AvgIpc) is 2.19. The molecule has 0 amide bonds. The molecule has 0 aromatic rings. The van der Waals surface area contributed by atoms with Crippen LogP contribution >= 0.6 is 15.6 Å². The highest BCUT2D eigenvalue weighted by atomic mass is 31.2. The first-order chi connectivity index (χ1) is 7.55. The topological polar surface area (TPSA) is 61.8 Å². The summed E-state index contributed by atoms with van der Waals surface area (Å²) in [6.45, 7) is 7.90. The molecule has 5 nitrogen and oxygen atoms in total. The number of rotatable bonds is 9. The Morgan fingerprint density at radius 3 is 1.88 bits per heavy atom. The lowest BCUT2D eigenvalue weighted by Crippen LogP contribution is -2.10. The van der Waals surface area contributed by atoms with Crippen LogP contribution in [0.2, 0.25) is 0 Å². The molecule has 0 spiro atoms. The molecule has 0 aliphatic heterocycles. The van der Waals surface area contributed by atoms with Gasteiger partial charge in [-0.15, -0.1) is 0 Å². The van der Waals surface area contributed by atoms with Crippen molar-refractivity contribution in [1.82, 2.24) is 0 Å². The molecule has 0 fully saturated rings. The summed E-state index contributed by atoms with van der Waals surface area (Å²) in [6, 6.07) is 0. The quantitative estimate of drug-likeness (QED) is 0.601. The van der Waals surface area contributed by atoms with Gasteiger partial charge in [0.05, 0.1) is 19.8 Å². The molecule has 0 saturated carbocycles. The Morgan fingerprint density at radius 1 is 1.06 bits per heavy atom. The van der Waals surface area contributed by atoms with Gasteiger partial charge in [-0.2, -0.15) is 0 Å². The monoisotopic (exact) mass is 272 g/mol. The van der Waals surface area contributed by atoms with Gasteiger partial charge in [-0.1, -0.05) is 6.92 Å². The third-order valence-electron chi connectivity index (χ3n) is 1.95. The summed E-state index contributed by atoms with van der Waals surface area (Å²) < 4.78 is 39.5. The molecule has 0 heterocycles. The van der Waals surface area contributed by atoms with Crippen LogP contribution in [0, 0.1) is 0 Å². The largest absolute Gasteiger partial charge is 0.343 e. The maximum atomic E-state index is 12.4. The van der Waals surface area contributed by atoms with Crippen LogP contribution < -0.4 is 0 Å². The van der Waals surface area contributed by atoms with Crippen molar-refractivity contribution in [2.24, 2.45) is 0 Å². The Morgan fingerprint density at radius 2 is 1.56 bits per heavy atom. The molecule has 7 heteroatoms. The maximum absolute atomic E-state index is 12.4. The van der Waals surface area contributed by atoms with Gasteiger partial charge >= 0.3 is 7.60 Å². The Labute approximate surface area is 98.3 Å². The van der Waals surface area contributed by atoms with Crippen molar-refractivity contribution < 1.29 is 22.7 Å². The van der Waals surface area contributed by atoms with Gasteiger partial charge in [0, 0.05) is 0 Å². The molecule has 98 valence electrons. The molecule has 0 aliphatic rings. The van der Waals surface area contributed by atoms with E-state index in [9.17, 15) is 9.13 Å². The Balaban J connectivity index is 4.83. The van der Waals surface area contributed by atoms with Gasteiger partial charge in [0.15, 0.2) is 0 Å². The molecular formula is C9H22O5P2. The zero-order valence-electron chi connectivity index (χ0n) is 10.4. The summed E-state index contributed by atoms with van der Waals surface area (Å²) in [5.41, 5.74) is 0. The fourth-order valence-corrected chi connectivity index (χ4v) is 5.45. The lowest BCUT2D eigenvalue weighted by molar-refractivity contribution is 0.215. The van der Waals surface area contributed by atoms with Gasteiger partial charge in [0.25, 0.3) is 0 Å². The van der Waals surface area contributed by atoms with E-state index in [1.165, 1.54) is 0 Å². The predicted molar refractivity (Wildman–Crippen MR) is 65.6 cm³/mol. The highest BCUT2D eigenvalue weighted by molar-refractivity contribution is 7.67. The number of hydrogen-bond acceptors (Lipinski definition) is 5. The van der Waals surface area contributed by atoms with Crippen LogP contribution in [-0.2, 0) is 22.7 Å². The highest BCUT2D eigenvalue weighted by Gasteiger charge is 2.38. The van der Waals surface area contributed by atoms with E-state index in [0.717, 1.165) is 0 Å². The van der Waals surface area contributed by atoms with E-state index < -0.39 is 21.0 Å². The van der Waals surface area contributed by atoms with E-state index in [2.05, 4.69) is 0 Å². The minimum absolute atomic E-state index is 0.273. The van der Waals surface area contributed by atoms with Crippen molar-refractivity contribution >= 4 is 15.6 Å². The summed E-state index contributed by atoms with van der Waals surface area (Å²) >= 11 is 0. The van der Waals surface area contributed by atoms with Crippen molar-refractivity contribution in [3.05, 3.63) is 0 Å². The molecule has 0 saturated heterocycles. The van der Waals surface area contributed by atoms with E-state index in [0.29, 0.717) is 13.0 Å². The van der Waals surface area contributed by atoms with Crippen LogP contribution in [-0.4, -0.2) is 25.2 Å². The molecular weight excluding hydrogens is 250 g/mol. The summed E-state index contributed by atoms with van der Waals surface area (Å²) in [5.74, 6) is 0. The van der Waals surface area contributed by atoms with Gasteiger partial charge in [-0.05, 0) is 27.2 Å². The molecule has 0 rings (SSSR count). The molecule has 2 unspecified atom stereocenters. The van der Waals surface area contributed by atoms with Crippen LogP contribution in [0.15, 0.2) is 0 Å². The van der Waals surface area contributed by atoms with Crippen molar-refractivity contribution in [1.29, 1.82) is 0 Å². The highest BCUT2D eigenvalue weighted by Crippen LogP contribution is 2.62. The van der Waals surface area contributed by atoms with Crippen LogP contribution in [0.4, 0.5) is 0 Å². The predicted octanol–water partition coefficient (Wildman–Crippen LogP) is 3.50. The molecule has 2 atom stereocenters. The fourth-order valence-electron chi connectivity index (χ4n) is 1.33. The van der Waals surface area contributed by atoms with Crippen molar-refractivity contribution in [2.45, 2.75) is 39.5 Å². The lowest BCUT2D eigenvalue weighted by Gasteiger charge is -2.24. The molecule has 0 N–H and O–H groups in total.